The van der Waals surface area contributed by atoms with Crippen molar-refractivity contribution >= 4 is 0 Å². The highest BCUT2D eigenvalue weighted by molar-refractivity contribution is 5.00. The summed E-state index contributed by atoms with van der Waals surface area (Å²) >= 11 is 0. The average molecular weight is 238 g/mol. The molecule has 1 rings (SSSR count). The third kappa shape index (κ3) is 3.11. The quantitative estimate of drug-likeness (QED) is 0.653. The topological polar surface area (TPSA) is 15.3 Å². The van der Waals surface area contributed by atoms with E-state index in [4.69, 9.17) is 0 Å². The van der Waals surface area contributed by atoms with Crippen molar-refractivity contribution in [1.29, 1.82) is 0 Å². The van der Waals surface area contributed by atoms with Gasteiger partial charge in [-0.05, 0) is 58.7 Å². The van der Waals surface area contributed by atoms with Gasteiger partial charge in [-0.25, -0.2) is 0 Å². The second-order valence-electron chi connectivity index (χ2n) is 5.21. The van der Waals surface area contributed by atoms with Crippen molar-refractivity contribution in [2.75, 3.05) is 20.1 Å². The molecule has 0 spiro atoms. The van der Waals surface area contributed by atoms with Crippen LogP contribution in [0.1, 0.15) is 52.4 Å². The largest absolute Gasteiger partial charge is 0.315 e. The SMILES string of the molecule is C=CCCC(NC)C(CC)(CC)N1CCCC1. The third-order valence-corrected chi connectivity index (χ3v) is 4.62. The van der Waals surface area contributed by atoms with Crippen molar-refractivity contribution in [3.63, 3.8) is 0 Å². The summed E-state index contributed by atoms with van der Waals surface area (Å²) in [6.45, 7) is 11.1. The molecule has 0 aromatic carbocycles. The smallest absolute Gasteiger partial charge is 0.0357 e. The molecule has 1 N–H and O–H groups in total. The third-order valence-electron chi connectivity index (χ3n) is 4.62. The van der Waals surface area contributed by atoms with Crippen LogP contribution in [0.4, 0.5) is 0 Å². The molecule has 0 amide bonds. The minimum atomic E-state index is 0.355. The van der Waals surface area contributed by atoms with E-state index >= 15 is 0 Å². The van der Waals surface area contributed by atoms with E-state index in [-0.39, 0.29) is 0 Å². The Morgan fingerprint density at radius 2 is 1.88 bits per heavy atom. The zero-order chi connectivity index (χ0) is 12.7. The molecule has 1 aliphatic rings. The zero-order valence-electron chi connectivity index (χ0n) is 12.0. The highest BCUT2D eigenvalue weighted by atomic mass is 15.2. The molecule has 1 fully saturated rings. The molecule has 1 saturated heterocycles. The van der Waals surface area contributed by atoms with Crippen LogP contribution in [-0.4, -0.2) is 36.6 Å². The number of likely N-dealkylation sites (tertiary alicyclic amines) is 1. The van der Waals surface area contributed by atoms with Crippen LogP contribution in [0.15, 0.2) is 12.7 Å². The van der Waals surface area contributed by atoms with Crippen molar-refractivity contribution < 1.29 is 0 Å². The Morgan fingerprint density at radius 3 is 2.29 bits per heavy atom. The summed E-state index contributed by atoms with van der Waals surface area (Å²) in [6, 6.07) is 0.591. The molecule has 0 aromatic rings. The van der Waals surface area contributed by atoms with Crippen LogP contribution < -0.4 is 5.32 Å². The van der Waals surface area contributed by atoms with Gasteiger partial charge in [-0.2, -0.15) is 0 Å². The fraction of sp³-hybridized carbons (Fsp3) is 0.867. The fourth-order valence-corrected chi connectivity index (χ4v) is 3.54. The van der Waals surface area contributed by atoms with Crippen LogP contribution in [0.5, 0.6) is 0 Å². The van der Waals surface area contributed by atoms with E-state index in [0.29, 0.717) is 11.6 Å². The monoisotopic (exact) mass is 238 g/mol. The molecule has 1 atom stereocenters. The number of hydrogen-bond donors (Lipinski definition) is 1. The predicted molar refractivity (Wildman–Crippen MR) is 76.4 cm³/mol. The van der Waals surface area contributed by atoms with E-state index in [0.717, 1.165) is 6.42 Å². The molecular formula is C15H30N2. The maximum absolute atomic E-state index is 3.86. The molecule has 1 unspecified atom stereocenters. The summed E-state index contributed by atoms with van der Waals surface area (Å²) in [7, 11) is 2.11. The zero-order valence-corrected chi connectivity index (χ0v) is 12.0. The Kier molecular flexibility index (Phi) is 6.21. The first-order valence-electron chi connectivity index (χ1n) is 7.28. The van der Waals surface area contributed by atoms with E-state index in [2.05, 4.69) is 37.7 Å². The van der Waals surface area contributed by atoms with E-state index < -0.39 is 0 Å². The molecule has 100 valence electrons. The highest BCUT2D eigenvalue weighted by Gasteiger charge is 2.40. The predicted octanol–water partition coefficient (Wildman–Crippen LogP) is 3.20. The molecule has 2 nitrogen and oxygen atoms in total. The van der Waals surface area contributed by atoms with Crippen molar-refractivity contribution in [2.45, 2.75) is 64.0 Å². The molecule has 1 aliphatic heterocycles. The minimum Gasteiger partial charge on any atom is -0.315 e. The molecule has 0 saturated carbocycles. The molecular weight excluding hydrogens is 208 g/mol. The van der Waals surface area contributed by atoms with Gasteiger partial charge in [0.25, 0.3) is 0 Å². The van der Waals surface area contributed by atoms with Crippen LogP contribution in [0.2, 0.25) is 0 Å². The molecule has 1 heterocycles. The van der Waals surface area contributed by atoms with Gasteiger partial charge in [-0.1, -0.05) is 19.9 Å². The van der Waals surface area contributed by atoms with Crippen molar-refractivity contribution in [3.8, 4) is 0 Å². The fourth-order valence-electron chi connectivity index (χ4n) is 3.54. The average Bonchev–Trinajstić information content (AvgIpc) is 2.89. The van der Waals surface area contributed by atoms with Gasteiger partial charge in [0.05, 0.1) is 0 Å². The van der Waals surface area contributed by atoms with Gasteiger partial charge in [-0.15, -0.1) is 6.58 Å². The standard InChI is InChI=1S/C15H30N2/c1-5-8-11-14(16-4)15(6-2,7-3)17-12-9-10-13-17/h5,14,16H,1,6-13H2,2-4H3. The Balaban J connectivity index is 2.81. The lowest BCUT2D eigenvalue weighted by Gasteiger charge is -2.47. The molecule has 2 heteroatoms. The lowest BCUT2D eigenvalue weighted by molar-refractivity contribution is 0.0620. The molecule has 17 heavy (non-hydrogen) atoms. The summed E-state index contributed by atoms with van der Waals surface area (Å²) < 4.78 is 0. The van der Waals surface area contributed by atoms with Gasteiger partial charge in [0.15, 0.2) is 0 Å². The van der Waals surface area contributed by atoms with E-state index in [9.17, 15) is 0 Å². The first kappa shape index (κ1) is 14.7. The van der Waals surface area contributed by atoms with Gasteiger partial charge in [0.2, 0.25) is 0 Å². The summed E-state index contributed by atoms with van der Waals surface area (Å²) in [5.41, 5.74) is 0.355. The van der Waals surface area contributed by atoms with Crippen molar-refractivity contribution in [2.24, 2.45) is 0 Å². The second-order valence-corrected chi connectivity index (χ2v) is 5.21. The van der Waals surface area contributed by atoms with Gasteiger partial charge in [0, 0.05) is 11.6 Å². The molecule has 0 radical (unpaired) electrons. The van der Waals surface area contributed by atoms with Crippen LogP contribution in [0, 0.1) is 0 Å². The Hall–Kier alpha value is -0.340. The Labute approximate surface area is 107 Å². The lowest BCUT2D eigenvalue weighted by Crippen LogP contribution is -2.59. The highest BCUT2D eigenvalue weighted by Crippen LogP contribution is 2.33. The van der Waals surface area contributed by atoms with E-state index in [1.165, 1.54) is 45.2 Å². The van der Waals surface area contributed by atoms with Gasteiger partial charge < -0.3 is 5.32 Å². The second kappa shape index (κ2) is 7.17. The van der Waals surface area contributed by atoms with Crippen molar-refractivity contribution in [3.05, 3.63) is 12.7 Å². The summed E-state index contributed by atoms with van der Waals surface area (Å²) in [5.74, 6) is 0. The van der Waals surface area contributed by atoms with Gasteiger partial charge >= 0.3 is 0 Å². The Bertz CT molecular complexity index is 215. The number of nitrogens with one attached hydrogen (secondary N) is 1. The summed E-state index contributed by atoms with van der Waals surface area (Å²) in [4.78, 5) is 2.73. The lowest BCUT2D eigenvalue weighted by atomic mass is 9.80. The van der Waals surface area contributed by atoms with E-state index in [1.807, 2.05) is 6.08 Å². The number of allylic oxidation sites excluding steroid dienone is 1. The maximum atomic E-state index is 3.86. The van der Waals surface area contributed by atoms with Crippen LogP contribution in [0.3, 0.4) is 0 Å². The normalized spacial score (nSPS) is 19.5. The minimum absolute atomic E-state index is 0.355. The number of rotatable bonds is 8. The maximum Gasteiger partial charge on any atom is 0.0357 e. The first-order chi connectivity index (χ1) is 8.25. The molecule has 0 aromatic heterocycles. The summed E-state index contributed by atoms with van der Waals surface area (Å²) in [5, 5.41) is 3.57. The van der Waals surface area contributed by atoms with E-state index in [1.54, 1.807) is 0 Å². The number of nitrogens with zero attached hydrogens (tertiary/aromatic N) is 1. The number of likely N-dealkylation sites (N-methyl/N-ethyl adjacent to an activating group) is 1. The van der Waals surface area contributed by atoms with Gasteiger partial charge in [0.1, 0.15) is 0 Å². The van der Waals surface area contributed by atoms with Gasteiger partial charge in [-0.3, -0.25) is 4.90 Å². The van der Waals surface area contributed by atoms with Crippen LogP contribution >= 0.6 is 0 Å². The Morgan fingerprint density at radius 1 is 1.29 bits per heavy atom. The molecule has 0 bridgehead atoms. The first-order valence-corrected chi connectivity index (χ1v) is 7.28. The summed E-state index contributed by atoms with van der Waals surface area (Å²) in [6.07, 6.45) is 9.60. The number of hydrogen-bond acceptors (Lipinski definition) is 2. The van der Waals surface area contributed by atoms with Crippen LogP contribution in [-0.2, 0) is 0 Å². The van der Waals surface area contributed by atoms with Crippen LogP contribution in [0.25, 0.3) is 0 Å². The molecule has 0 aliphatic carbocycles. The van der Waals surface area contributed by atoms with Crippen molar-refractivity contribution in [1.82, 2.24) is 10.2 Å².